The van der Waals surface area contributed by atoms with E-state index in [9.17, 15) is 4.79 Å². The van der Waals surface area contributed by atoms with Gasteiger partial charge in [0.1, 0.15) is 0 Å². The van der Waals surface area contributed by atoms with Crippen LogP contribution in [0, 0.1) is 10.8 Å². The minimum atomic E-state index is 0.174. The molecule has 0 amide bonds. The normalized spacial score (nSPS) is 12.0. The summed E-state index contributed by atoms with van der Waals surface area (Å²) in [7, 11) is 2.13. The molecule has 1 rings (SSSR count). The summed E-state index contributed by atoms with van der Waals surface area (Å²) in [6.45, 7) is 13.0. The van der Waals surface area contributed by atoms with Crippen LogP contribution < -0.4 is 13.6 Å². The van der Waals surface area contributed by atoms with Gasteiger partial charge in [-0.15, -0.1) is 0 Å². The molecule has 0 N–H and O–H groups in total. The molecule has 0 bridgehead atoms. The SMILES string of the molecule is COc1ccc(C=O)c(O[Si]CC(C)(C)C)c1O[Si]CC(C)(C)C. The number of rotatable bonds is 8. The van der Waals surface area contributed by atoms with E-state index in [0.717, 1.165) is 18.4 Å². The fraction of sp³-hybridized carbons (Fsp3) is 0.611. The Kier molecular flexibility index (Phi) is 7.54. The highest BCUT2D eigenvalue weighted by atomic mass is 28.2. The Morgan fingerprint density at radius 1 is 0.917 bits per heavy atom. The maximum absolute atomic E-state index is 11.4. The molecule has 0 aliphatic rings. The molecule has 0 aliphatic carbocycles. The van der Waals surface area contributed by atoms with Crippen LogP contribution in [0.1, 0.15) is 51.9 Å². The van der Waals surface area contributed by atoms with E-state index >= 15 is 0 Å². The average molecular weight is 365 g/mol. The zero-order valence-electron chi connectivity index (χ0n) is 15.8. The van der Waals surface area contributed by atoms with Crippen molar-refractivity contribution in [2.24, 2.45) is 10.8 Å². The molecule has 1 aromatic rings. The van der Waals surface area contributed by atoms with Crippen LogP contribution in [0.15, 0.2) is 12.1 Å². The van der Waals surface area contributed by atoms with Gasteiger partial charge >= 0.3 is 19.5 Å². The summed E-state index contributed by atoms with van der Waals surface area (Å²) in [4.78, 5) is 11.4. The zero-order valence-corrected chi connectivity index (χ0v) is 17.8. The lowest BCUT2D eigenvalue weighted by atomic mass is 10.0. The fourth-order valence-electron chi connectivity index (χ4n) is 1.66. The van der Waals surface area contributed by atoms with Gasteiger partial charge in [-0.05, 0) is 35.1 Å². The maximum Gasteiger partial charge on any atom is 0.311 e. The van der Waals surface area contributed by atoms with Crippen molar-refractivity contribution in [3.63, 3.8) is 0 Å². The Labute approximate surface area is 151 Å². The highest BCUT2D eigenvalue weighted by molar-refractivity contribution is 6.30. The van der Waals surface area contributed by atoms with Crippen molar-refractivity contribution in [1.82, 2.24) is 0 Å². The maximum atomic E-state index is 11.4. The number of benzene rings is 1. The van der Waals surface area contributed by atoms with Gasteiger partial charge in [0.2, 0.25) is 0 Å². The lowest BCUT2D eigenvalue weighted by Crippen LogP contribution is -2.16. The summed E-state index contributed by atoms with van der Waals surface area (Å²) < 4.78 is 17.3. The Morgan fingerprint density at radius 3 is 1.83 bits per heavy atom. The average Bonchev–Trinajstić information content (AvgIpc) is 2.45. The van der Waals surface area contributed by atoms with Crippen molar-refractivity contribution >= 4 is 25.8 Å². The summed E-state index contributed by atoms with van der Waals surface area (Å²) in [5.41, 5.74) is 0.851. The van der Waals surface area contributed by atoms with E-state index in [2.05, 4.69) is 41.5 Å². The van der Waals surface area contributed by atoms with Crippen molar-refractivity contribution < 1.29 is 18.4 Å². The Hall–Kier alpha value is -1.28. The number of aldehydes is 1. The molecule has 0 fully saturated rings. The van der Waals surface area contributed by atoms with Crippen molar-refractivity contribution in [3.05, 3.63) is 17.7 Å². The lowest BCUT2D eigenvalue weighted by Gasteiger charge is -2.21. The third-order valence-electron chi connectivity index (χ3n) is 3.01. The second kappa shape index (κ2) is 8.71. The first-order valence-electron chi connectivity index (χ1n) is 8.03. The third-order valence-corrected chi connectivity index (χ3v) is 6.11. The van der Waals surface area contributed by atoms with Gasteiger partial charge in [0, 0.05) is 0 Å². The van der Waals surface area contributed by atoms with Crippen LogP contribution in [0.2, 0.25) is 12.1 Å². The smallest absolute Gasteiger partial charge is 0.311 e. The van der Waals surface area contributed by atoms with E-state index in [1.807, 2.05) is 0 Å². The minimum Gasteiger partial charge on any atom is -0.538 e. The molecular weight excluding hydrogens is 336 g/mol. The number of carbonyl (C=O) groups is 1. The highest BCUT2D eigenvalue weighted by Gasteiger charge is 2.21. The first-order valence-corrected chi connectivity index (χ1v) is 10.3. The van der Waals surface area contributed by atoms with Crippen LogP contribution >= 0.6 is 0 Å². The van der Waals surface area contributed by atoms with Gasteiger partial charge in [-0.1, -0.05) is 41.5 Å². The summed E-state index contributed by atoms with van der Waals surface area (Å²) in [5, 5.41) is 0. The molecule has 24 heavy (non-hydrogen) atoms. The molecule has 0 saturated carbocycles. The molecule has 132 valence electrons. The van der Waals surface area contributed by atoms with Crippen molar-refractivity contribution in [2.75, 3.05) is 7.11 Å². The van der Waals surface area contributed by atoms with Gasteiger partial charge in [-0.2, -0.15) is 0 Å². The lowest BCUT2D eigenvalue weighted by molar-refractivity contribution is 0.112. The zero-order chi connectivity index (χ0) is 18.4. The summed E-state index contributed by atoms with van der Waals surface area (Å²) in [6.07, 6.45) is 0.802. The van der Waals surface area contributed by atoms with E-state index in [4.69, 9.17) is 13.6 Å². The molecule has 4 nitrogen and oxygen atoms in total. The minimum absolute atomic E-state index is 0.174. The monoisotopic (exact) mass is 364 g/mol. The highest BCUT2D eigenvalue weighted by Crippen LogP contribution is 2.40. The molecule has 0 spiro atoms. The van der Waals surface area contributed by atoms with Crippen LogP contribution in [-0.2, 0) is 0 Å². The third kappa shape index (κ3) is 7.09. The second-order valence-electron chi connectivity index (χ2n) is 8.10. The topological polar surface area (TPSA) is 44.8 Å². The molecule has 0 heterocycles. The Bertz CT molecular complexity index is 545. The summed E-state index contributed by atoms with van der Waals surface area (Å²) >= 11 is 0. The molecule has 0 aromatic heterocycles. The van der Waals surface area contributed by atoms with E-state index in [0.29, 0.717) is 22.8 Å². The number of hydrogen-bond acceptors (Lipinski definition) is 4. The molecule has 0 atom stereocenters. The molecule has 0 aliphatic heterocycles. The quantitative estimate of drug-likeness (QED) is 0.505. The Balaban J connectivity index is 3.00. The largest absolute Gasteiger partial charge is 0.538 e. The van der Waals surface area contributed by atoms with E-state index in [1.165, 1.54) is 0 Å². The Morgan fingerprint density at radius 2 is 1.42 bits per heavy atom. The second-order valence-corrected chi connectivity index (χ2v) is 9.79. The molecule has 1 aromatic carbocycles. The summed E-state index contributed by atoms with van der Waals surface area (Å²) in [6, 6.07) is 5.29. The van der Waals surface area contributed by atoms with Crippen LogP contribution in [0.4, 0.5) is 0 Å². The van der Waals surface area contributed by atoms with Gasteiger partial charge in [-0.25, -0.2) is 0 Å². The standard InChI is InChI=1S/C18H28O4Si2/c1-17(2,3)11-23-21-15-13(10-19)8-9-14(20-7)16(15)22-24-12-18(4,5)6/h8-10H,11-12H2,1-7H3. The van der Waals surface area contributed by atoms with Crippen LogP contribution in [0.25, 0.3) is 0 Å². The van der Waals surface area contributed by atoms with Crippen LogP contribution in [0.3, 0.4) is 0 Å². The molecule has 0 unspecified atom stereocenters. The van der Waals surface area contributed by atoms with Gasteiger partial charge in [0.15, 0.2) is 23.5 Å². The van der Waals surface area contributed by atoms with Gasteiger partial charge in [0.25, 0.3) is 0 Å². The number of ether oxygens (including phenoxy) is 1. The van der Waals surface area contributed by atoms with Gasteiger partial charge in [0.05, 0.1) is 12.7 Å². The fourth-order valence-corrected chi connectivity index (χ4v) is 3.37. The van der Waals surface area contributed by atoms with Crippen molar-refractivity contribution in [1.29, 1.82) is 0 Å². The van der Waals surface area contributed by atoms with E-state index < -0.39 is 0 Å². The van der Waals surface area contributed by atoms with Gasteiger partial charge in [-0.3, -0.25) is 4.79 Å². The molecular formula is C18H28O4Si2. The molecule has 4 radical (unpaired) electrons. The predicted molar refractivity (Wildman–Crippen MR) is 99.7 cm³/mol. The van der Waals surface area contributed by atoms with Gasteiger partial charge < -0.3 is 13.6 Å². The van der Waals surface area contributed by atoms with Crippen LogP contribution in [0.5, 0.6) is 17.2 Å². The van der Waals surface area contributed by atoms with Crippen LogP contribution in [-0.4, -0.2) is 32.9 Å². The number of carbonyl (C=O) groups excluding carboxylic acids is 1. The van der Waals surface area contributed by atoms with Crippen molar-refractivity contribution in [2.45, 2.75) is 53.6 Å². The number of hydrogen-bond donors (Lipinski definition) is 0. The predicted octanol–water partition coefficient (Wildman–Crippen LogP) is 4.43. The first-order chi connectivity index (χ1) is 11.1. The van der Waals surface area contributed by atoms with E-state index in [1.54, 1.807) is 19.2 Å². The first kappa shape index (κ1) is 20.8. The van der Waals surface area contributed by atoms with E-state index in [-0.39, 0.29) is 30.4 Å². The number of methoxy groups -OCH3 is 1. The molecule has 6 heteroatoms. The van der Waals surface area contributed by atoms with Crippen molar-refractivity contribution in [3.8, 4) is 17.2 Å². The molecule has 0 saturated heterocycles. The summed E-state index contributed by atoms with van der Waals surface area (Å²) in [5.74, 6) is 1.62.